The molecule has 0 saturated heterocycles. The molecule has 0 unspecified atom stereocenters. The second-order valence-electron chi connectivity index (χ2n) is 6.69. The fraction of sp³-hybridized carbons (Fsp3) is 0.273. The molecule has 32 heavy (non-hydrogen) atoms. The second-order valence-corrected chi connectivity index (χ2v) is 8.47. The number of nitrogens with one attached hydrogen (secondary N) is 1. The zero-order valence-electron chi connectivity index (χ0n) is 17.4. The van der Waals surface area contributed by atoms with Crippen molar-refractivity contribution >= 4 is 46.8 Å². The molecule has 0 aliphatic rings. The molecule has 1 N–H and O–H groups in total. The van der Waals surface area contributed by atoms with Gasteiger partial charge in [-0.1, -0.05) is 65.3 Å². The summed E-state index contributed by atoms with van der Waals surface area (Å²) in [6.45, 7) is 2.12. The minimum absolute atomic E-state index is 0.0185. The van der Waals surface area contributed by atoms with Crippen LogP contribution in [0.2, 0.25) is 10.0 Å². The lowest BCUT2D eigenvalue weighted by molar-refractivity contribution is -0.144. The van der Waals surface area contributed by atoms with Crippen LogP contribution in [0.1, 0.15) is 31.2 Å². The Hall–Kier alpha value is -2.55. The summed E-state index contributed by atoms with van der Waals surface area (Å²) in [5, 5.41) is 12.9. The number of ether oxygens (including phenoxy) is 1. The van der Waals surface area contributed by atoms with Gasteiger partial charge < -0.3 is 10.1 Å². The van der Waals surface area contributed by atoms with Crippen LogP contribution >= 0.6 is 35.0 Å². The van der Waals surface area contributed by atoms with E-state index in [4.69, 9.17) is 27.9 Å². The van der Waals surface area contributed by atoms with E-state index >= 15 is 0 Å². The van der Waals surface area contributed by atoms with Gasteiger partial charge in [-0.3, -0.25) is 14.2 Å². The predicted octanol–water partition coefficient (Wildman–Crippen LogP) is 4.83. The number of amides is 1. The fourth-order valence-electron chi connectivity index (χ4n) is 2.84. The lowest BCUT2D eigenvalue weighted by Gasteiger charge is -2.13. The Balaban J connectivity index is 1.78. The van der Waals surface area contributed by atoms with Gasteiger partial charge in [0.15, 0.2) is 11.0 Å². The molecule has 1 heterocycles. The molecular formula is C22H22Cl2N4O3S. The summed E-state index contributed by atoms with van der Waals surface area (Å²) in [6.07, 6.45) is 0.0468. The first kappa shape index (κ1) is 24.1. The predicted molar refractivity (Wildman–Crippen MR) is 125 cm³/mol. The highest BCUT2D eigenvalue weighted by atomic mass is 35.5. The van der Waals surface area contributed by atoms with Gasteiger partial charge in [-0.2, -0.15) is 0 Å². The summed E-state index contributed by atoms with van der Waals surface area (Å²) >= 11 is 14.1. The Morgan fingerprint density at radius 1 is 1.09 bits per heavy atom. The van der Waals surface area contributed by atoms with Gasteiger partial charge in [0.2, 0.25) is 5.91 Å². The van der Waals surface area contributed by atoms with Gasteiger partial charge >= 0.3 is 5.97 Å². The molecule has 2 aromatic carbocycles. The maximum Gasteiger partial charge on any atom is 0.306 e. The van der Waals surface area contributed by atoms with E-state index in [0.717, 1.165) is 5.56 Å². The largest absolute Gasteiger partial charge is 0.466 e. The summed E-state index contributed by atoms with van der Waals surface area (Å²) in [7, 11) is 0. The molecule has 0 bridgehead atoms. The molecule has 0 spiro atoms. The molecule has 0 aliphatic carbocycles. The molecule has 10 heteroatoms. The van der Waals surface area contributed by atoms with Crippen molar-refractivity contribution in [2.24, 2.45) is 0 Å². The van der Waals surface area contributed by atoms with Crippen LogP contribution in [0.5, 0.6) is 0 Å². The molecule has 168 valence electrons. The van der Waals surface area contributed by atoms with Crippen molar-refractivity contribution in [2.75, 3.05) is 6.61 Å². The maximum atomic E-state index is 12.2. The number of nitrogens with zero attached hydrogens (tertiary/aromatic N) is 3. The van der Waals surface area contributed by atoms with Gasteiger partial charge in [-0.05, 0) is 30.7 Å². The highest BCUT2D eigenvalue weighted by Crippen LogP contribution is 2.30. The van der Waals surface area contributed by atoms with Crippen molar-refractivity contribution in [3.63, 3.8) is 0 Å². The normalized spacial score (nSPS) is 10.7. The smallest absolute Gasteiger partial charge is 0.306 e. The van der Waals surface area contributed by atoms with Crippen molar-refractivity contribution in [1.29, 1.82) is 0 Å². The van der Waals surface area contributed by atoms with Gasteiger partial charge in [0.05, 0.1) is 30.3 Å². The van der Waals surface area contributed by atoms with Crippen molar-refractivity contribution in [3.05, 3.63) is 70.0 Å². The summed E-state index contributed by atoms with van der Waals surface area (Å²) in [5.74, 6) is 0.483. The van der Waals surface area contributed by atoms with Crippen LogP contribution in [-0.4, -0.2) is 33.2 Å². The molecular weight excluding hydrogens is 471 g/mol. The standard InChI is InChI=1S/C22H22Cl2N4O3S/c1-2-31-21(30)11-10-20(29)25-13-19-26-27-22(32-14-15-6-4-3-5-7-15)28(19)18-12-16(23)8-9-17(18)24/h3-9,12H,2,10-11,13-14H2,1H3,(H,25,29). The number of carbonyl (C=O) groups excluding carboxylic acids is 2. The van der Waals surface area contributed by atoms with E-state index < -0.39 is 5.97 Å². The van der Waals surface area contributed by atoms with Crippen molar-refractivity contribution in [3.8, 4) is 5.69 Å². The van der Waals surface area contributed by atoms with Crippen LogP contribution in [0.25, 0.3) is 5.69 Å². The first-order chi connectivity index (χ1) is 15.5. The van der Waals surface area contributed by atoms with E-state index in [9.17, 15) is 9.59 Å². The van der Waals surface area contributed by atoms with Crippen molar-refractivity contribution in [2.45, 2.75) is 37.2 Å². The Kier molecular flexibility index (Phi) is 8.96. The minimum atomic E-state index is -0.406. The van der Waals surface area contributed by atoms with Crippen LogP contribution in [0.15, 0.2) is 53.7 Å². The number of rotatable bonds is 10. The molecule has 0 saturated carbocycles. The van der Waals surface area contributed by atoms with Crippen LogP contribution < -0.4 is 5.32 Å². The summed E-state index contributed by atoms with van der Waals surface area (Å²) in [4.78, 5) is 23.6. The minimum Gasteiger partial charge on any atom is -0.466 e. The van der Waals surface area contributed by atoms with Gasteiger partial charge in [-0.15, -0.1) is 10.2 Å². The number of hydrogen-bond donors (Lipinski definition) is 1. The number of thioether (sulfide) groups is 1. The van der Waals surface area contributed by atoms with E-state index in [2.05, 4.69) is 15.5 Å². The average Bonchev–Trinajstić information content (AvgIpc) is 3.20. The van der Waals surface area contributed by atoms with Crippen molar-refractivity contribution < 1.29 is 14.3 Å². The van der Waals surface area contributed by atoms with Crippen LogP contribution in [0.3, 0.4) is 0 Å². The Labute approximate surface area is 200 Å². The molecule has 7 nitrogen and oxygen atoms in total. The molecule has 3 rings (SSSR count). The van der Waals surface area contributed by atoms with E-state index in [-0.39, 0.29) is 31.9 Å². The lowest BCUT2D eigenvalue weighted by Crippen LogP contribution is -2.25. The van der Waals surface area contributed by atoms with Crippen LogP contribution in [-0.2, 0) is 26.6 Å². The summed E-state index contributed by atoms with van der Waals surface area (Å²) in [6, 6.07) is 15.1. The van der Waals surface area contributed by atoms with Crippen LogP contribution in [0, 0.1) is 0 Å². The van der Waals surface area contributed by atoms with Crippen molar-refractivity contribution in [1.82, 2.24) is 20.1 Å². The molecule has 1 amide bonds. The fourth-order valence-corrected chi connectivity index (χ4v) is 4.13. The molecule has 0 fully saturated rings. The molecule has 0 aliphatic heterocycles. The lowest BCUT2D eigenvalue weighted by atomic mass is 10.2. The van der Waals surface area contributed by atoms with E-state index in [1.807, 2.05) is 30.3 Å². The van der Waals surface area contributed by atoms with Gasteiger partial charge in [-0.25, -0.2) is 0 Å². The topological polar surface area (TPSA) is 86.1 Å². The van der Waals surface area contributed by atoms with E-state index in [1.165, 1.54) is 11.8 Å². The molecule has 3 aromatic rings. The molecule has 0 radical (unpaired) electrons. The SMILES string of the molecule is CCOC(=O)CCC(=O)NCc1nnc(SCc2ccccc2)n1-c1cc(Cl)ccc1Cl. The highest BCUT2D eigenvalue weighted by Gasteiger charge is 2.18. The Morgan fingerprint density at radius 2 is 1.88 bits per heavy atom. The van der Waals surface area contributed by atoms with Gasteiger partial charge in [0, 0.05) is 17.2 Å². The Bertz CT molecular complexity index is 1080. The third-order valence-electron chi connectivity index (χ3n) is 4.37. The first-order valence-electron chi connectivity index (χ1n) is 9.96. The zero-order valence-corrected chi connectivity index (χ0v) is 19.7. The first-order valence-corrected chi connectivity index (χ1v) is 11.7. The van der Waals surface area contributed by atoms with Gasteiger partial charge in [0.1, 0.15) is 0 Å². The number of benzene rings is 2. The van der Waals surface area contributed by atoms with E-state index in [0.29, 0.717) is 32.5 Å². The number of hydrogen-bond acceptors (Lipinski definition) is 6. The Morgan fingerprint density at radius 3 is 2.62 bits per heavy atom. The average molecular weight is 493 g/mol. The summed E-state index contributed by atoms with van der Waals surface area (Å²) < 4.78 is 6.63. The maximum absolute atomic E-state index is 12.2. The highest BCUT2D eigenvalue weighted by molar-refractivity contribution is 7.98. The van der Waals surface area contributed by atoms with E-state index in [1.54, 1.807) is 29.7 Å². The third-order valence-corrected chi connectivity index (χ3v) is 5.92. The quantitative estimate of drug-likeness (QED) is 0.322. The number of carbonyl (C=O) groups is 2. The molecule has 1 aromatic heterocycles. The third kappa shape index (κ3) is 6.72. The zero-order chi connectivity index (χ0) is 22.9. The molecule has 0 atom stereocenters. The monoisotopic (exact) mass is 492 g/mol. The number of aromatic nitrogens is 3. The number of halogens is 2. The van der Waals surface area contributed by atoms with Gasteiger partial charge in [0.25, 0.3) is 0 Å². The number of esters is 1. The second kappa shape index (κ2) is 11.9. The van der Waals surface area contributed by atoms with Crippen LogP contribution in [0.4, 0.5) is 0 Å². The summed E-state index contributed by atoms with van der Waals surface area (Å²) in [5.41, 5.74) is 1.76.